The highest BCUT2D eigenvalue weighted by Crippen LogP contribution is 2.37. The first-order valence-electron chi connectivity index (χ1n) is 6.83. The minimum absolute atomic E-state index is 0.601. The van der Waals surface area contributed by atoms with E-state index in [9.17, 15) is 0 Å². The quantitative estimate of drug-likeness (QED) is 0.918. The topological polar surface area (TPSA) is 46.6 Å². The SMILES string of the molecule is CNCCN(C)c1nccc2cc3c(cc12)OCCO3. The number of benzene rings is 1. The van der Waals surface area contributed by atoms with E-state index in [1.165, 1.54) is 0 Å². The number of aromatic nitrogens is 1. The van der Waals surface area contributed by atoms with Gasteiger partial charge >= 0.3 is 0 Å². The predicted molar refractivity (Wildman–Crippen MR) is 79.9 cm³/mol. The van der Waals surface area contributed by atoms with Gasteiger partial charge < -0.3 is 19.7 Å². The molecule has 0 radical (unpaired) electrons. The Kier molecular flexibility index (Phi) is 3.60. The Morgan fingerprint density at radius 2 is 2.00 bits per heavy atom. The van der Waals surface area contributed by atoms with E-state index in [0.717, 1.165) is 41.2 Å². The van der Waals surface area contributed by atoms with Crippen LogP contribution in [0.15, 0.2) is 24.4 Å². The molecule has 106 valence electrons. The van der Waals surface area contributed by atoms with Crippen LogP contribution in [0.3, 0.4) is 0 Å². The highest BCUT2D eigenvalue weighted by Gasteiger charge is 2.15. The Balaban J connectivity index is 2.04. The predicted octanol–water partition coefficient (Wildman–Crippen LogP) is 1.66. The molecule has 1 aliphatic rings. The van der Waals surface area contributed by atoms with Gasteiger partial charge in [0.05, 0.1) is 0 Å². The number of hydrogen-bond acceptors (Lipinski definition) is 5. The average molecular weight is 273 g/mol. The molecule has 0 unspecified atom stereocenters. The number of fused-ring (bicyclic) bond motifs is 2. The molecule has 0 aliphatic carbocycles. The van der Waals surface area contributed by atoms with Crippen molar-refractivity contribution in [1.82, 2.24) is 10.3 Å². The number of likely N-dealkylation sites (N-methyl/N-ethyl adjacent to an activating group) is 2. The molecule has 5 heteroatoms. The van der Waals surface area contributed by atoms with Crippen LogP contribution in [0, 0.1) is 0 Å². The number of anilines is 1. The Labute approximate surface area is 118 Å². The number of pyridine rings is 1. The highest BCUT2D eigenvalue weighted by atomic mass is 16.6. The molecule has 0 saturated carbocycles. The molecular formula is C15H19N3O2. The summed E-state index contributed by atoms with van der Waals surface area (Å²) >= 11 is 0. The smallest absolute Gasteiger partial charge is 0.162 e. The van der Waals surface area contributed by atoms with Crippen molar-refractivity contribution >= 4 is 16.6 Å². The van der Waals surface area contributed by atoms with Crippen molar-refractivity contribution < 1.29 is 9.47 Å². The fraction of sp³-hybridized carbons (Fsp3) is 0.400. The molecule has 20 heavy (non-hydrogen) atoms. The van der Waals surface area contributed by atoms with Crippen LogP contribution in [-0.2, 0) is 0 Å². The summed E-state index contributed by atoms with van der Waals surface area (Å²) in [6, 6.07) is 6.06. The minimum Gasteiger partial charge on any atom is -0.486 e. The molecule has 1 aliphatic heterocycles. The van der Waals surface area contributed by atoms with Crippen molar-refractivity contribution in [2.45, 2.75) is 0 Å². The van der Waals surface area contributed by atoms with E-state index in [0.29, 0.717) is 13.2 Å². The van der Waals surface area contributed by atoms with Crippen LogP contribution < -0.4 is 19.7 Å². The van der Waals surface area contributed by atoms with Crippen molar-refractivity contribution in [2.75, 3.05) is 45.3 Å². The summed E-state index contributed by atoms with van der Waals surface area (Å²) < 4.78 is 11.3. The first-order chi connectivity index (χ1) is 9.79. The first-order valence-corrected chi connectivity index (χ1v) is 6.83. The molecular weight excluding hydrogens is 254 g/mol. The van der Waals surface area contributed by atoms with Gasteiger partial charge in [-0.25, -0.2) is 4.98 Å². The largest absolute Gasteiger partial charge is 0.486 e. The molecule has 0 fully saturated rings. The van der Waals surface area contributed by atoms with Gasteiger partial charge in [0.2, 0.25) is 0 Å². The molecule has 1 aromatic heterocycles. The summed E-state index contributed by atoms with van der Waals surface area (Å²) in [5.74, 6) is 2.59. The maximum absolute atomic E-state index is 5.66. The lowest BCUT2D eigenvalue weighted by Crippen LogP contribution is -2.27. The Morgan fingerprint density at radius 1 is 1.25 bits per heavy atom. The summed E-state index contributed by atoms with van der Waals surface area (Å²) in [5.41, 5.74) is 0. The summed E-state index contributed by atoms with van der Waals surface area (Å²) in [6.45, 7) is 3.03. The summed E-state index contributed by atoms with van der Waals surface area (Å²) in [6.07, 6.45) is 1.84. The van der Waals surface area contributed by atoms with Gasteiger partial charge in [-0.2, -0.15) is 0 Å². The van der Waals surface area contributed by atoms with E-state index < -0.39 is 0 Å². The number of rotatable bonds is 4. The molecule has 1 aromatic carbocycles. The van der Waals surface area contributed by atoms with Crippen LogP contribution in [0.25, 0.3) is 10.8 Å². The van der Waals surface area contributed by atoms with Crippen molar-refractivity contribution in [3.8, 4) is 11.5 Å². The van der Waals surface area contributed by atoms with Gasteiger partial charge in [-0.05, 0) is 30.6 Å². The van der Waals surface area contributed by atoms with Gasteiger partial charge in [0, 0.05) is 31.7 Å². The maximum atomic E-state index is 5.66. The van der Waals surface area contributed by atoms with Crippen LogP contribution in [0.2, 0.25) is 0 Å². The zero-order chi connectivity index (χ0) is 13.9. The standard InChI is InChI=1S/C15H19N3O2/c1-16-5-6-18(2)15-12-10-14-13(19-7-8-20-14)9-11(12)3-4-17-15/h3-4,9-10,16H,5-8H2,1-2H3. The van der Waals surface area contributed by atoms with Gasteiger partial charge in [0.25, 0.3) is 0 Å². The molecule has 3 rings (SSSR count). The Bertz CT molecular complexity index is 615. The lowest BCUT2D eigenvalue weighted by Gasteiger charge is -2.22. The third kappa shape index (κ3) is 2.36. The Morgan fingerprint density at radius 3 is 2.75 bits per heavy atom. The summed E-state index contributed by atoms with van der Waals surface area (Å²) in [5, 5.41) is 5.37. The molecule has 5 nitrogen and oxygen atoms in total. The van der Waals surface area contributed by atoms with Gasteiger partial charge in [-0.1, -0.05) is 0 Å². The number of hydrogen-bond donors (Lipinski definition) is 1. The molecule has 1 N–H and O–H groups in total. The van der Waals surface area contributed by atoms with Crippen molar-refractivity contribution in [3.63, 3.8) is 0 Å². The second-order valence-electron chi connectivity index (χ2n) is 4.88. The van der Waals surface area contributed by atoms with E-state index in [2.05, 4.69) is 22.2 Å². The van der Waals surface area contributed by atoms with Crippen molar-refractivity contribution in [2.24, 2.45) is 0 Å². The van der Waals surface area contributed by atoms with Crippen LogP contribution in [-0.4, -0.2) is 45.4 Å². The van der Waals surface area contributed by atoms with Gasteiger partial charge in [0.1, 0.15) is 19.0 Å². The number of nitrogens with zero attached hydrogens (tertiary/aromatic N) is 2. The van der Waals surface area contributed by atoms with Crippen molar-refractivity contribution in [1.29, 1.82) is 0 Å². The lowest BCUT2D eigenvalue weighted by atomic mass is 10.1. The van der Waals surface area contributed by atoms with Crippen LogP contribution in [0.1, 0.15) is 0 Å². The average Bonchev–Trinajstić information content (AvgIpc) is 2.50. The van der Waals surface area contributed by atoms with Crippen LogP contribution in [0.4, 0.5) is 5.82 Å². The lowest BCUT2D eigenvalue weighted by molar-refractivity contribution is 0.172. The second-order valence-corrected chi connectivity index (χ2v) is 4.88. The first kappa shape index (κ1) is 13.0. The van der Waals surface area contributed by atoms with Crippen molar-refractivity contribution in [3.05, 3.63) is 24.4 Å². The van der Waals surface area contributed by atoms with E-state index >= 15 is 0 Å². The normalized spacial score (nSPS) is 13.5. The zero-order valence-electron chi connectivity index (χ0n) is 11.8. The summed E-state index contributed by atoms with van der Waals surface area (Å²) in [4.78, 5) is 6.66. The molecule has 0 spiro atoms. The third-order valence-electron chi connectivity index (χ3n) is 3.46. The third-order valence-corrected chi connectivity index (χ3v) is 3.46. The fourth-order valence-electron chi connectivity index (χ4n) is 2.38. The summed E-state index contributed by atoms with van der Waals surface area (Å²) in [7, 11) is 4.00. The van der Waals surface area contributed by atoms with E-state index in [4.69, 9.17) is 9.47 Å². The fourth-order valence-corrected chi connectivity index (χ4v) is 2.38. The molecule has 0 atom stereocenters. The molecule has 0 bridgehead atoms. The van der Waals surface area contributed by atoms with Crippen LogP contribution >= 0.6 is 0 Å². The molecule has 2 heterocycles. The van der Waals surface area contributed by atoms with Gasteiger partial charge in [0.15, 0.2) is 11.5 Å². The van der Waals surface area contributed by atoms with E-state index in [1.807, 2.05) is 31.4 Å². The van der Waals surface area contributed by atoms with Gasteiger partial charge in [-0.15, -0.1) is 0 Å². The molecule has 0 saturated heterocycles. The van der Waals surface area contributed by atoms with E-state index in [1.54, 1.807) is 0 Å². The van der Waals surface area contributed by atoms with E-state index in [-0.39, 0.29) is 0 Å². The molecule has 0 amide bonds. The highest BCUT2D eigenvalue weighted by molar-refractivity contribution is 5.94. The Hall–Kier alpha value is -2.01. The number of ether oxygens (including phenoxy) is 2. The van der Waals surface area contributed by atoms with Crippen LogP contribution in [0.5, 0.6) is 11.5 Å². The maximum Gasteiger partial charge on any atom is 0.162 e. The second kappa shape index (κ2) is 5.54. The molecule has 2 aromatic rings. The minimum atomic E-state index is 0.601. The monoisotopic (exact) mass is 273 g/mol. The zero-order valence-corrected chi connectivity index (χ0v) is 11.8. The number of nitrogens with one attached hydrogen (secondary N) is 1. The van der Waals surface area contributed by atoms with Gasteiger partial charge in [-0.3, -0.25) is 0 Å².